The fourth-order valence-electron chi connectivity index (χ4n) is 2.79. The Bertz CT molecular complexity index is 462. The summed E-state index contributed by atoms with van der Waals surface area (Å²) >= 11 is 0. The number of hydrogen-bond donors (Lipinski definition) is 1. The predicted octanol–water partition coefficient (Wildman–Crippen LogP) is 3.41. The van der Waals surface area contributed by atoms with Gasteiger partial charge in [0, 0.05) is 19.6 Å². The Morgan fingerprint density at radius 1 is 1.37 bits per heavy atom. The average molecular weight is 263 g/mol. The standard InChI is InChI=1S/C14H21N3O2/c1-11-7-4-3-5-10-16(11)13-9-6-8-12(15-2)14(13)17(18)19/h6,8-9,11,15H,3-5,7,10H2,1-2H3. The van der Waals surface area contributed by atoms with Crippen molar-refractivity contribution < 1.29 is 4.92 Å². The average Bonchev–Trinajstić information content (AvgIpc) is 2.62. The number of benzene rings is 1. The summed E-state index contributed by atoms with van der Waals surface area (Å²) in [5, 5.41) is 14.3. The van der Waals surface area contributed by atoms with Crippen LogP contribution in [-0.4, -0.2) is 24.6 Å². The van der Waals surface area contributed by atoms with Crippen LogP contribution in [0.1, 0.15) is 32.6 Å². The minimum absolute atomic E-state index is 0.193. The van der Waals surface area contributed by atoms with Crippen molar-refractivity contribution in [2.45, 2.75) is 38.6 Å². The molecule has 1 atom stereocenters. The van der Waals surface area contributed by atoms with E-state index < -0.39 is 0 Å². The molecule has 1 unspecified atom stereocenters. The van der Waals surface area contributed by atoms with Gasteiger partial charge < -0.3 is 10.2 Å². The van der Waals surface area contributed by atoms with Crippen LogP contribution in [0.15, 0.2) is 18.2 Å². The van der Waals surface area contributed by atoms with E-state index in [1.54, 1.807) is 13.1 Å². The molecule has 1 aromatic carbocycles. The van der Waals surface area contributed by atoms with Crippen molar-refractivity contribution in [3.8, 4) is 0 Å². The molecule has 0 aromatic heterocycles. The number of hydrogen-bond acceptors (Lipinski definition) is 4. The highest BCUT2D eigenvalue weighted by molar-refractivity contribution is 5.77. The Morgan fingerprint density at radius 2 is 2.16 bits per heavy atom. The van der Waals surface area contributed by atoms with Gasteiger partial charge in [0.1, 0.15) is 11.4 Å². The number of rotatable bonds is 3. The minimum atomic E-state index is -0.279. The van der Waals surface area contributed by atoms with Crippen LogP contribution in [0, 0.1) is 10.1 Å². The van der Waals surface area contributed by atoms with E-state index in [9.17, 15) is 10.1 Å². The lowest BCUT2D eigenvalue weighted by Gasteiger charge is -2.29. The molecule has 0 bridgehead atoms. The lowest BCUT2D eigenvalue weighted by atomic mass is 10.1. The summed E-state index contributed by atoms with van der Waals surface area (Å²) in [7, 11) is 1.72. The molecule has 1 saturated heterocycles. The SMILES string of the molecule is CNc1cccc(N2CCCCCC2C)c1[N+](=O)[O-]. The Hall–Kier alpha value is -1.78. The number of nitrogens with one attached hydrogen (secondary N) is 1. The second kappa shape index (κ2) is 5.91. The van der Waals surface area contributed by atoms with Crippen LogP contribution in [0.25, 0.3) is 0 Å². The molecule has 19 heavy (non-hydrogen) atoms. The monoisotopic (exact) mass is 263 g/mol. The predicted molar refractivity (Wildman–Crippen MR) is 77.9 cm³/mol. The Balaban J connectivity index is 2.45. The summed E-state index contributed by atoms with van der Waals surface area (Å²) < 4.78 is 0. The van der Waals surface area contributed by atoms with Crippen LogP contribution >= 0.6 is 0 Å². The molecule has 2 rings (SSSR count). The Labute approximate surface area is 113 Å². The van der Waals surface area contributed by atoms with Crippen molar-refractivity contribution in [3.05, 3.63) is 28.3 Å². The first-order valence-electron chi connectivity index (χ1n) is 6.87. The molecule has 104 valence electrons. The quantitative estimate of drug-likeness (QED) is 0.670. The second-order valence-corrected chi connectivity index (χ2v) is 5.07. The number of para-hydroxylation sites is 1. The molecule has 0 saturated carbocycles. The Morgan fingerprint density at radius 3 is 2.84 bits per heavy atom. The molecule has 1 N–H and O–H groups in total. The van der Waals surface area contributed by atoms with E-state index in [0.717, 1.165) is 25.1 Å². The van der Waals surface area contributed by atoms with Gasteiger partial charge in [-0.15, -0.1) is 0 Å². The molecule has 1 fully saturated rings. The first-order chi connectivity index (χ1) is 9.15. The summed E-state index contributed by atoms with van der Waals surface area (Å²) in [5.41, 5.74) is 1.52. The van der Waals surface area contributed by atoms with Crippen molar-refractivity contribution in [2.75, 3.05) is 23.8 Å². The third kappa shape index (κ3) is 2.80. The number of anilines is 2. The van der Waals surface area contributed by atoms with Crippen molar-refractivity contribution in [1.82, 2.24) is 0 Å². The summed E-state index contributed by atoms with van der Waals surface area (Å²) in [6, 6.07) is 5.85. The normalized spacial score (nSPS) is 19.9. The van der Waals surface area contributed by atoms with Crippen molar-refractivity contribution in [3.63, 3.8) is 0 Å². The molecule has 0 aliphatic carbocycles. The molecule has 5 heteroatoms. The highest BCUT2D eigenvalue weighted by Gasteiger charge is 2.26. The largest absolute Gasteiger partial charge is 0.382 e. The van der Waals surface area contributed by atoms with Gasteiger partial charge >= 0.3 is 5.69 Å². The molecule has 1 heterocycles. The molecule has 1 aliphatic rings. The topological polar surface area (TPSA) is 58.4 Å². The number of nitro benzene ring substituents is 1. The summed E-state index contributed by atoms with van der Waals surface area (Å²) in [6.45, 7) is 3.05. The van der Waals surface area contributed by atoms with Gasteiger partial charge in [-0.3, -0.25) is 10.1 Å². The number of nitrogens with zero attached hydrogens (tertiary/aromatic N) is 2. The van der Waals surface area contributed by atoms with Crippen LogP contribution in [0.4, 0.5) is 17.1 Å². The second-order valence-electron chi connectivity index (χ2n) is 5.07. The highest BCUT2D eigenvalue weighted by Crippen LogP contribution is 2.37. The summed E-state index contributed by atoms with van der Waals surface area (Å²) in [6.07, 6.45) is 4.61. The van der Waals surface area contributed by atoms with Gasteiger partial charge in [-0.25, -0.2) is 0 Å². The maximum Gasteiger partial charge on any atom is 0.315 e. The first kappa shape index (κ1) is 13.6. The highest BCUT2D eigenvalue weighted by atomic mass is 16.6. The van der Waals surface area contributed by atoms with Gasteiger partial charge in [-0.1, -0.05) is 18.9 Å². The van der Waals surface area contributed by atoms with E-state index >= 15 is 0 Å². The van der Waals surface area contributed by atoms with Crippen molar-refractivity contribution in [2.24, 2.45) is 0 Å². The van der Waals surface area contributed by atoms with Crippen LogP contribution in [0.5, 0.6) is 0 Å². The lowest BCUT2D eigenvalue weighted by molar-refractivity contribution is -0.383. The van der Waals surface area contributed by atoms with Crippen LogP contribution in [-0.2, 0) is 0 Å². The van der Waals surface area contributed by atoms with E-state index in [4.69, 9.17) is 0 Å². The van der Waals surface area contributed by atoms with E-state index in [-0.39, 0.29) is 10.6 Å². The van der Waals surface area contributed by atoms with Crippen LogP contribution in [0.2, 0.25) is 0 Å². The maximum absolute atomic E-state index is 11.4. The maximum atomic E-state index is 11.4. The molecule has 0 amide bonds. The Kier molecular flexibility index (Phi) is 4.24. The summed E-state index contributed by atoms with van der Waals surface area (Å²) in [5.74, 6) is 0. The molecular weight excluding hydrogens is 242 g/mol. The molecular formula is C14H21N3O2. The van der Waals surface area contributed by atoms with Crippen LogP contribution in [0.3, 0.4) is 0 Å². The van der Waals surface area contributed by atoms with E-state index in [1.807, 2.05) is 12.1 Å². The van der Waals surface area contributed by atoms with E-state index in [0.29, 0.717) is 11.7 Å². The van der Waals surface area contributed by atoms with E-state index in [1.165, 1.54) is 12.8 Å². The summed E-state index contributed by atoms with van der Waals surface area (Å²) in [4.78, 5) is 13.3. The van der Waals surface area contributed by atoms with Crippen molar-refractivity contribution >= 4 is 17.1 Å². The van der Waals surface area contributed by atoms with Gasteiger partial charge in [0.05, 0.1) is 4.92 Å². The minimum Gasteiger partial charge on any atom is -0.382 e. The van der Waals surface area contributed by atoms with Crippen molar-refractivity contribution in [1.29, 1.82) is 0 Å². The molecule has 1 aliphatic heterocycles. The smallest absolute Gasteiger partial charge is 0.315 e. The van der Waals surface area contributed by atoms with Gasteiger partial charge in [-0.05, 0) is 31.9 Å². The third-order valence-corrected chi connectivity index (χ3v) is 3.83. The lowest BCUT2D eigenvalue weighted by Crippen LogP contribution is -2.33. The molecule has 0 spiro atoms. The zero-order chi connectivity index (χ0) is 13.8. The fourth-order valence-corrected chi connectivity index (χ4v) is 2.79. The molecule has 0 radical (unpaired) electrons. The van der Waals surface area contributed by atoms with Gasteiger partial charge in [0.25, 0.3) is 0 Å². The zero-order valence-electron chi connectivity index (χ0n) is 11.6. The fraction of sp³-hybridized carbons (Fsp3) is 0.571. The van der Waals surface area contributed by atoms with Gasteiger partial charge in [0.15, 0.2) is 0 Å². The van der Waals surface area contributed by atoms with Gasteiger partial charge in [-0.2, -0.15) is 0 Å². The molecule has 5 nitrogen and oxygen atoms in total. The van der Waals surface area contributed by atoms with E-state index in [2.05, 4.69) is 17.1 Å². The first-order valence-corrected chi connectivity index (χ1v) is 6.87. The third-order valence-electron chi connectivity index (χ3n) is 3.83. The number of nitro groups is 1. The zero-order valence-corrected chi connectivity index (χ0v) is 11.6. The molecule has 1 aromatic rings. The van der Waals surface area contributed by atoms with Crippen LogP contribution < -0.4 is 10.2 Å². The van der Waals surface area contributed by atoms with Gasteiger partial charge in [0.2, 0.25) is 0 Å².